The zero-order valence-electron chi connectivity index (χ0n) is 24.2. The van der Waals surface area contributed by atoms with E-state index in [0.29, 0.717) is 38.8 Å². The third-order valence-corrected chi connectivity index (χ3v) is 9.74. The maximum absolute atomic E-state index is 11.1. The van der Waals surface area contributed by atoms with Crippen LogP contribution in [0.25, 0.3) is 0 Å². The summed E-state index contributed by atoms with van der Waals surface area (Å²) in [5, 5.41) is 0. The second kappa shape index (κ2) is 11.8. The molecular weight excluding hydrogens is 560 g/mol. The first-order chi connectivity index (χ1) is 19.1. The van der Waals surface area contributed by atoms with Crippen LogP contribution in [0.2, 0.25) is 0 Å². The van der Waals surface area contributed by atoms with E-state index < -0.39 is 20.2 Å². The van der Waals surface area contributed by atoms with Crippen molar-refractivity contribution in [1.29, 1.82) is 0 Å². The van der Waals surface area contributed by atoms with Crippen LogP contribution in [0.5, 0.6) is 0 Å². The summed E-state index contributed by atoms with van der Waals surface area (Å²) >= 11 is 0. The predicted molar refractivity (Wildman–Crippen MR) is 161 cm³/mol. The number of benzene rings is 2. The van der Waals surface area contributed by atoms with E-state index in [2.05, 4.69) is 79.7 Å². The van der Waals surface area contributed by atoms with Crippen molar-refractivity contribution in [2.45, 2.75) is 64.2 Å². The van der Waals surface area contributed by atoms with Crippen LogP contribution in [0.1, 0.15) is 64.5 Å². The molecule has 2 aromatic carbocycles. The lowest BCUT2D eigenvalue weighted by Crippen LogP contribution is -2.28. The molecule has 0 bridgehead atoms. The maximum atomic E-state index is 11.1. The molecule has 8 nitrogen and oxygen atoms in total. The minimum Gasteiger partial charge on any atom is -0.748 e. The number of para-hydroxylation sites is 2. The van der Waals surface area contributed by atoms with Crippen LogP contribution in [-0.2, 0) is 31.1 Å². The highest BCUT2D eigenvalue weighted by Crippen LogP contribution is 2.47. The molecule has 0 aromatic heterocycles. The summed E-state index contributed by atoms with van der Waals surface area (Å²) in [6.07, 6.45) is 8.02. The molecule has 2 heterocycles. The van der Waals surface area contributed by atoms with Gasteiger partial charge in [0.15, 0.2) is 5.71 Å². The summed E-state index contributed by atoms with van der Waals surface area (Å²) in [4.78, 5) is 2.22. The average Bonchev–Trinajstić information content (AvgIpc) is 3.23. The lowest BCUT2D eigenvalue weighted by molar-refractivity contribution is -0.438. The van der Waals surface area contributed by atoms with Gasteiger partial charge in [-0.15, -0.1) is 0 Å². The molecule has 222 valence electrons. The van der Waals surface area contributed by atoms with Crippen LogP contribution in [0.15, 0.2) is 72.5 Å². The van der Waals surface area contributed by atoms with E-state index >= 15 is 0 Å². The van der Waals surface area contributed by atoms with Crippen molar-refractivity contribution in [1.82, 2.24) is 0 Å². The summed E-state index contributed by atoms with van der Waals surface area (Å²) < 4.78 is 68.9. The van der Waals surface area contributed by atoms with Gasteiger partial charge in [-0.1, -0.05) is 56.3 Å². The molecule has 0 radical (unpaired) electrons. The summed E-state index contributed by atoms with van der Waals surface area (Å²) in [6.45, 7) is 9.88. The van der Waals surface area contributed by atoms with Gasteiger partial charge in [-0.2, -0.15) is 4.58 Å². The van der Waals surface area contributed by atoms with Gasteiger partial charge in [0.25, 0.3) is 0 Å². The highest BCUT2D eigenvalue weighted by atomic mass is 32.2. The lowest BCUT2D eigenvalue weighted by Gasteiger charge is -2.27. The van der Waals surface area contributed by atoms with Gasteiger partial charge in [0, 0.05) is 59.0 Å². The Morgan fingerprint density at radius 2 is 1.37 bits per heavy atom. The minimum atomic E-state index is -4.24. The largest absolute Gasteiger partial charge is 0.748 e. The molecular formula is C31H39N2O6S2-. The molecule has 0 N–H and O–H groups in total. The van der Waals surface area contributed by atoms with Crippen LogP contribution in [-0.4, -0.2) is 60.8 Å². The van der Waals surface area contributed by atoms with Crippen LogP contribution in [0.4, 0.5) is 11.4 Å². The van der Waals surface area contributed by atoms with Crippen molar-refractivity contribution < 1.29 is 30.5 Å². The van der Waals surface area contributed by atoms with Gasteiger partial charge < -0.3 is 14.0 Å². The second-order valence-electron chi connectivity index (χ2n) is 11.8. The van der Waals surface area contributed by atoms with Crippen LogP contribution in [0, 0.1) is 0 Å². The van der Waals surface area contributed by atoms with Crippen molar-refractivity contribution in [3.05, 3.63) is 83.6 Å². The summed E-state index contributed by atoms with van der Waals surface area (Å²) in [6, 6.07) is 16.4. The molecule has 2 aliphatic rings. The van der Waals surface area contributed by atoms with Crippen molar-refractivity contribution in [2.75, 3.05) is 29.5 Å². The predicted octanol–water partition coefficient (Wildman–Crippen LogP) is 4.95. The number of rotatable bonds is 12. The second-order valence-corrected chi connectivity index (χ2v) is 14.9. The highest BCUT2D eigenvalue weighted by Gasteiger charge is 2.44. The van der Waals surface area contributed by atoms with Crippen molar-refractivity contribution >= 4 is 37.3 Å². The van der Waals surface area contributed by atoms with Crippen molar-refractivity contribution in [3.8, 4) is 0 Å². The van der Waals surface area contributed by atoms with Crippen molar-refractivity contribution in [3.63, 3.8) is 0 Å². The summed E-state index contributed by atoms with van der Waals surface area (Å²) in [5.74, 6) is -0.731. The molecule has 0 saturated heterocycles. The normalized spacial score (nSPS) is 18.9. The molecule has 0 unspecified atom stereocenters. The molecule has 10 heteroatoms. The Balaban J connectivity index is 1.65. The number of hydrogen-bond donors (Lipinski definition) is 0. The number of nitrogens with zero attached hydrogens (tertiary/aromatic N) is 2. The fourth-order valence-corrected chi connectivity index (χ4v) is 7.21. The van der Waals surface area contributed by atoms with Gasteiger partial charge >= 0.3 is 0 Å². The van der Waals surface area contributed by atoms with E-state index in [9.17, 15) is 25.9 Å². The van der Waals surface area contributed by atoms with E-state index in [1.54, 1.807) is 0 Å². The van der Waals surface area contributed by atoms with E-state index in [1.807, 2.05) is 24.3 Å². The minimum absolute atomic E-state index is 0.284. The van der Waals surface area contributed by atoms with Crippen molar-refractivity contribution in [2.24, 2.45) is 0 Å². The Bertz CT molecular complexity index is 1600. The first-order valence-electron chi connectivity index (χ1n) is 14.0. The first-order valence-corrected chi connectivity index (χ1v) is 17.2. The molecule has 0 saturated carbocycles. The maximum Gasteiger partial charge on any atom is 0.209 e. The topological polar surface area (TPSA) is 121 Å². The molecule has 0 fully saturated rings. The monoisotopic (exact) mass is 599 g/mol. The number of hydrogen-bond acceptors (Lipinski definition) is 7. The molecule has 41 heavy (non-hydrogen) atoms. The van der Waals surface area contributed by atoms with Gasteiger partial charge in [0.05, 0.1) is 25.7 Å². The lowest BCUT2D eigenvalue weighted by atomic mass is 9.81. The zero-order chi connectivity index (χ0) is 30.1. The molecule has 0 amide bonds. The Hall–Kier alpha value is -2.79. The van der Waals surface area contributed by atoms with E-state index in [0.717, 1.165) is 22.8 Å². The molecule has 0 spiro atoms. The Morgan fingerprint density at radius 3 is 2.02 bits per heavy atom. The SMILES string of the molecule is CC1(C)C(=CC=CC2=[N+](CCCCS(=O)(=O)[O-])c3ccccc3C2(C)C)N(CCCCS(=O)(=O)[O-])c2ccccc21. The number of fused-ring (bicyclic) bond motifs is 2. The summed E-state index contributed by atoms with van der Waals surface area (Å²) in [7, 11) is -8.48. The Kier molecular flexibility index (Phi) is 8.99. The van der Waals surface area contributed by atoms with E-state index in [-0.39, 0.29) is 22.3 Å². The van der Waals surface area contributed by atoms with E-state index in [4.69, 9.17) is 0 Å². The fraction of sp³-hybridized carbons (Fsp3) is 0.452. The van der Waals surface area contributed by atoms with E-state index in [1.165, 1.54) is 11.1 Å². The quantitative estimate of drug-likeness (QED) is 0.192. The molecule has 2 aromatic rings. The summed E-state index contributed by atoms with van der Waals surface area (Å²) in [5.41, 5.74) is 6.14. The molecule has 4 rings (SSSR count). The number of anilines is 1. The van der Waals surface area contributed by atoms with Crippen LogP contribution < -0.4 is 4.90 Å². The zero-order valence-corrected chi connectivity index (χ0v) is 25.8. The third kappa shape index (κ3) is 6.99. The fourth-order valence-electron chi connectivity index (χ4n) is 6.09. The standard InChI is InChI=1S/C31H40N2O6S2/c1-30(2)24-14-5-7-16-26(24)32(20-9-11-22-40(34,35)36)28(30)18-13-19-29-31(3,4)25-15-6-8-17-27(25)33(29)21-10-12-23-41(37,38)39/h5-8,13-19H,9-12,20-23H2,1-4H3,(H-,34,35,36,37,38,39)/p-1. The van der Waals surface area contributed by atoms with Crippen LogP contribution in [0.3, 0.4) is 0 Å². The third-order valence-electron chi connectivity index (χ3n) is 8.16. The Labute approximate surface area is 244 Å². The van der Waals surface area contributed by atoms with Gasteiger partial charge in [-0.3, -0.25) is 0 Å². The first kappa shape index (κ1) is 31.2. The molecule has 2 aliphatic heterocycles. The van der Waals surface area contributed by atoms with Crippen LogP contribution >= 0.6 is 0 Å². The molecule has 0 atom stereocenters. The van der Waals surface area contributed by atoms with Gasteiger partial charge in [-0.25, -0.2) is 16.8 Å². The smallest absolute Gasteiger partial charge is 0.209 e. The average molecular weight is 600 g/mol. The van der Waals surface area contributed by atoms with Gasteiger partial charge in [-0.05, 0) is 50.8 Å². The highest BCUT2D eigenvalue weighted by molar-refractivity contribution is 7.85. The number of allylic oxidation sites excluding steroid dienone is 4. The number of unbranched alkanes of at least 4 members (excludes halogenated alkanes) is 2. The van der Waals surface area contributed by atoms with Gasteiger partial charge in [0.1, 0.15) is 6.54 Å². The molecule has 0 aliphatic carbocycles. The Morgan fingerprint density at radius 1 is 0.780 bits per heavy atom. The van der Waals surface area contributed by atoms with Gasteiger partial charge in [0.2, 0.25) is 5.69 Å².